The van der Waals surface area contributed by atoms with E-state index < -0.39 is 0 Å². The smallest absolute Gasteiger partial charge is 0.121 e. The molecule has 0 amide bonds. The number of hydrogen-bond acceptors (Lipinski definition) is 2. The summed E-state index contributed by atoms with van der Waals surface area (Å²) in [5.41, 5.74) is 7.16. The van der Waals surface area contributed by atoms with Gasteiger partial charge in [-0.2, -0.15) is 0 Å². The van der Waals surface area contributed by atoms with Gasteiger partial charge < -0.3 is 10.5 Å². The Morgan fingerprint density at radius 2 is 1.68 bits per heavy atom. The number of rotatable bonds is 4. The quantitative estimate of drug-likeness (QED) is 0.904. The van der Waals surface area contributed by atoms with Crippen LogP contribution < -0.4 is 10.5 Å². The Hall–Kier alpha value is -1.22. The third-order valence-electron chi connectivity index (χ3n) is 2.88. The summed E-state index contributed by atoms with van der Waals surface area (Å²) in [6.45, 7) is 1.93. The van der Waals surface area contributed by atoms with Crippen LogP contribution in [0.3, 0.4) is 0 Å². The first-order valence-corrected chi connectivity index (χ1v) is 6.75. The molecule has 0 aliphatic heterocycles. The highest BCUT2D eigenvalue weighted by atomic mass is 35.5. The maximum Gasteiger partial charge on any atom is 0.121 e. The Kier molecular flexibility index (Phi) is 4.70. The van der Waals surface area contributed by atoms with Crippen molar-refractivity contribution in [3.63, 3.8) is 0 Å². The van der Waals surface area contributed by atoms with Crippen molar-refractivity contribution >= 4 is 23.2 Å². The predicted molar refractivity (Wildman–Crippen MR) is 79.9 cm³/mol. The lowest BCUT2D eigenvalue weighted by atomic mass is 10.0. The second-order valence-electron chi connectivity index (χ2n) is 4.36. The van der Waals surface area contributed by atoms with E-state index in [1.165, 1.54) is 0 Å². The molecule has 2 nitrogen and oxygen atoms in total. The van der Waals surface area contributed by atoms with Gasteiger partial charge in [-0.1, -0.05) is 41.4 Å². The number of nitrogens with two attached hydrogens (primary N) is 1. The van der Waals surface area contributed by atoms with Crippen molar-refractivity contribution in [3.8, 4) is 5.75 Å². The summed E-state index contributed by atoms with van der Waals surface area (Å²) in [5, 5.41) is 1.34. The van der Waals surface area contributed by atoms with E-state index in [0.717, 1.165) is 5.56 Å². The molecule has 2 aromatic rings. The van der Waals surface area contributed by atoms with E-state index in [4.69, 9.17) is 33.7 Å². The van der Waals surface area contributed by atoms with Crippen LogP contribution in [-0.2, 0) is 0 Å². The fourth-order valence-corrected chi connectivity index (χ4v) is 2.09. The highest BCUT2D eigenvalue weighted by Crippen LogP contribution is 2.23. The molecule has 100 valence electrons. The van der Waals surface area contributed by atoms with E-state index in [-0.39, 0.29) is 12.1 Å². The van der Waals surface area contributed by atoms with Crippen LogP contribution in [0.2, 0.25) is 10.0 Å². The lowest BCUT2D eigenvalue weighted by molar-refractivity contribution is 0.190. The van der Waals surface area contributed by atoms with E-state index in [1.807, 2.05) is 43.3 Å². The predicted octanol–water partition coefficient (Wildman–Crippen LogP) is 4.46. The van der Waals surface area contributed by atoms with Gasteiger partial charge in [0.15, 0.2) is 0 Å². The Morgan fingerprint density at radius 1 is 1.00 bits per heavy atom. The second kappa shape index (κ2) is 6.29. The number of hydrogen-bond donors (Lipinski definition) is 1. The zero-order valence-electron chi connectivity index (χ0n) is 10.5. The molecule has 2 N–H and O–H groups in total. The lowest BCUT2D eigenvalue weighted by Crippen LogP contribution is -2.28. The SMILES string of the molecule is CC(Oc1cccc(Cl)c1)C(N)c1ccc(Cl)cc1. The lowest BCUT2D eigenvalue weighted by Gasteiger charge is -2.22. The Bertz CT molecular complexity index is 542. The molecule has 2 unspecified atom stereocenters. The number of halogens is 2. The van der Waals surface area contributed by atoms with Crippen LogP contribution in [0.1, 0.15) is 18.5 Å². The molecule has 4 heteroatoms. The third-order valence-corrected chi connectivity index (χ3v) is 3.37. The molecular formula is C15H15Cl2NO. The topological polar surface area (TPSA) is 35.2 Å². The summed E-state index contributed by atoms with van der Waals surface area (Å²) in [7, 11) is 0. The van der Waals surface area contributed by atoms with Crippen LogP contribution >= 0.6 is 23.2 Å². The molecule has 0 aliphatic carbocycles. The minimum absolute atomic E-state index is 0.167. The Morgan fingerprint density at radius 3 is 2.32 bits per heavy atom. The molecule has 2 atom stereocenters. The van der Waals surface area contributed by atoms with Gasteiger partial charge in [-0.3, -0.25) is 0 Å². The monoisotopic (exact) mass is 295 g/mol. The minimum Gasteiger partial charge on any atom is -0.489 e. The van der Waals surface area contributed by atoms with Crippen LogP contribution in [0.15, 0.2) is 48.5 Å². The number of benzene rings is 2. The Balaban J connectivity index is 2.07. The fraction of sp³-hybridized carbons (Fsp3) is 0.200. The minimum atomic E-state index is -0.226. The van der Waals surface area contributed by atoms with E-state index in [2.05, 4.69) is 0 Å². The molecule has 0 aliphatic rings. The fourth-order valence-electron chi connectivity index (χ4n) is 1.78. The summed E-state index contributed by atoms with van der Waals surface area (Å²) in [6, 6.07) is 14.5. The summed E-state index contributed by atoms with van der Waals surface area (Å²) in [6.07, 6.45) is -0.167. The van der Waals surface area contributed by atoms with Crippen molar-refractivity contribution in [1.29, 1.82) is 0 Å². The summed E-state index contributed by atoms with van der Waals surface area (Å²) < 4.78 is 5.80. The normalized spacial score (nSPS) is 13.9. The molecule has 0 fully saturated rings. The number of ether oxygens (including phenoxy) is 1. The molecule has 0 radical (unpaired) electrons. The van der Waals surface area contributed by atoms with Gasteiger partial charge in [0.25, 0.3) is 0 Å². The van der Waals surface area contributed by atoms with E-state index in [0.29, 0.717) is 15.8 Å². The van der Waals surface area contributed by atoms with Crippen molar-refractivity contribution in [1.82, 2.24) is 0 Å². The zero-order chi connectivity index (χ0) is 13.8. The van der Waals surface area contributed by atoms with Crippen LogP contribution in [0.5, 0.6) is 5.75 Å². The standard InChI is InChI=1S/C15H15Cl2NO/c1-10(19-14-4-2-3-13(17)9-14)15(18)11-5-7-12(16)8-6-11/h2-10,15H,18H2,1H3. The van der Waals surface area contributed by atoms with E-state index in [9.17, 15) is 0 Å². The average Bonchev–Trinajstić information content (AvgIpc) is 2.39. The first-order valence-electron chi connectivity index (χ1n) is 5.99. The molecule has 19 heavy (non-hydrogen) atoms. The molecule has 2 aromatic carbocycles. The van der Waals surface area contributed by atoms with Crippen molar-refractivity contribution in [2.24, 2.45) is 5.73 Å². The van der Waals surface area contributed by atoms with Gasteiger partial charge in [-0.25, -0.2) is 0 Å². The maximum atomic E-state index is 6.17. The van der Waals surface area contributed by atoms with E-state index in [1.54, 1.807) is 12.1 Å². The van der Waals surface area contributed by atoms with Crippen molar-refractivity contribution in [2.45, 2.75) is 19.1 Å². The Labute approximate surface area is 123 Å². The molecular weight excluding hydrogens is 281 g/mol. The van der Waals surface area contributed by atoms with Crippen LogP contribution in [0.4, 0.5) is 0 Å². The highest BCUT2D eigenvalue weighted by Gasteiger charge is 2.16. The molecule has 0 saturated heterocycles. The van der Waals surface area contributed by atoms with Gasteiger partial charge in [-0.05, 0) is 42.8 Å². The van der Waals surface area contributed by atoms with Gasteiger partial charge in [0, 0.05) is 10.0 Å². The van der Waals surface area contributed by atoms with Crippen LogP contribution in [0, 0.1) is 0 Å². The largest absolute Gasteiger partial charge is 0.489 e. The van der Waals surface area contributed by atoms with Crippen molar-refractivity contribution < 1.29 is 4.74 Å². The maximum absolute atomic E-state index is 6.17. The van der Waals surface area contributed by atoms with Gasteiger partial charge in [0.2, 0.25) is 0 Å². The molecule has 2 rings (SSSR count). The van der Waals surface area contributed by atoms with Crippen LogP contribution in [0.25, 0.3) is 0 Å². The summed E-state index contributed by atoms with van der Waals surface area (Å²) >= 11 is 11.8. The molecule has 0 heterocycles. The first kappa shape index (κ1) is 14.2. The average molecular weight is 296 g/mol. The molecule has 0 saturated carbocycles. The first-order chi connectivity index (χ1) is 9.06. The van der Waals surface area contributed by atoms with Crippen LogP contribution in [-0.4, -0.2) is 6.10 Å². The second-order valence-corrected chi connectivity index (χ2v) is 5.23. The third kappa shape index (κ3) is 3.87. The van der Waals surface area contributed by atoms with Crippen molar-refractivity contribution in [2.75, 3.05) is 0 Å². The molecule has 0 aromatic heterocycles. The molecule has 0 spiro atoms. The summed E-state index contributed by atoms with van der Waals surface area (Å²) in [4.78, 5) is 0. The van der Waals surface area contributed by atoms with Gasteiger partial charge in [0.1, 0.15) is 11.9 Å². The molecule has 0 bridgehead atoms. The van der Waals surface area contributed by atoms with Gasteiger partial charge >= 0.3 is 0 Å². The summed E-state index contributed by atoms with van der Waals surface area (Å²) in [5.74, 6) is 0.712. The van der Waals surface area contributed by atoms with E-state index >= 15 is 0 Å². The zero-order valence-corrected chi connectivity index (χ0v) is 12.0. The highest BCUT2D eigenvalue weighted by molar-refractivity contribution is 6.30. The van der Waals surface area contributed by atoms with Gasteiger partial charge in [-0.15, -0.1) is 0 Å². The van der Waals surface area contributed by atoms with Gasteiger partial charge in [0.05, 0.1) is 6.04 Å². The van der Waals surface area contributed by atoms with Crippen molar-refractivity contribution in [3.05, 3.63) is 64.1 Å².